The maximum absolute atomic E-state index is 11.6. The number of H-pyrrole nitrogens is 1. The Labute approximate surface area is 103 Å². The number of rotatable bonds is 2. The van der Waals surface area contributed by atoms with Crippen molar-refractivity contribution >= 4 is 16.7 Å². The second-order valence-electron chi connectivity index (χ2n) is 3.01. The summed E-state index contributed by atoms with van der Waals surface area (Å²) in [5.41, 5.74) is -0.900. The van der Waals surface area contributed by atoms with Crippen molar-refractivity contribution in [1.29, 1.82) is 0 Å². The molecule has 0 unspecified atom stereocenters. The molecule has 0 aromatic carbocycles. The highest BCUT2D eigenvalue weighted by Crippen LogP contribution is 2.13. The number of fused-ring (bicyclic) bond motifs is 1. The second-order valence-corrected chi connectivity index (χ2v) is 3.01. The van der Waals surface area contributed by atoms with E-state index >= 15 is 0 Å². The Morgan fingerprint density at radius 2 is 2.06 bits per heavy atom. The number of hydrogen-bond donors (Lipinski definition) is 1. The van der Waals surface area contributed by atoms with Gasteiger partial charge in [0.25, 0.3) is 5.43 Å². The van der Waals surface area contributed by atoms with Gasteiger partial charge in [0.15, 0.2) is 0 Å². The van der Waals surface area contributed by atoms with E-state index in [4.69, 9.17) is 4.74 Å². The van der Waals surface area contributed by atoms with Crippen LogP contribution in [0, 0.1) is 10.1 Å². The molecule has 18 heavy (non-hydrogen) atoms. The number of aromatic nitrogens is 2. The summed E-state index contributed by atoms with van der Waals surface area (Å²) in [6.07, 6.45) is 1.02. The monoisotopic (exact) mass is 251 g/mol. The molecule has 2 rings (SSSR count). The Hall–Kier alpha value is -2.44. The van der Waals surface area contributed by atoms with Crippen molar-refractivity contribution in [3.63, 3.8) is 0 Å². The van der Waals surface area contributed by atoms with E-state index < -0.39 is 16.0 Å². The van der Waals surface area contributed by atoms with Crippen LogP contribution in [0.5, 0.6) is 5.88 Å². The van der Waals surface area contributed by atoms with Crippen LogP contribution in [0.15, 0.2) is 23.1 Å². The van der Waals surface area contributed by atoms with E-state index in [2.05, 4.69) is 9.97 Å². The lowest BCUT2D eigenvalue weighted by Crippen LogP contribution is -2.09. The first-order valence-corrected chi connectivity index (χ1v) is 5.34. The number of aromatic amines is 1. The zero-order valence-electron chi connectivity index (χ0n) is 10.3. The fraction of sp³-hybridized carbons (Fsp3) is 0.273. The molecule has 0 spiro atoms. The number of pyridine rings is 2. The predicted molar refractivity (Wildman–Crippen MR) is 66.9 cm³/mol. The number of methoxy groups -OCH3 is 1. The minimum atomic E-state index is -0.734. The van der Waals surface area contributed by atoms with Crippen LogP contribution in [0.1, 0.15) is 13.8 Å². The molecular formula is C11H13N3O4. The molecular weight excluding hydrogens is 238 g/mol. The highest BCUT2D eigenvalue weighted by Gasteiger charge is 2.15. The van der Waals surface area contributed by atoms with Gasteiger partial charge in [-0.15, -0.1) is 0 Å². The second kappa shape index (κ2) is 5.76. The van der Waals surface area contributed by atoms with Crippen molar-refractivity contribution < 1.29 is 9.66 Å². The summed E-state index contributed by atoms with van der Waals surface area (Å²) in [6.45, 7) is 4.00. The summed E-state index contributed by atoms with van der Waals surface area (Å²) >= 11 is 0. The van der Waals surface area contributed by atoms with Gasteiger partial charge in [0.1, 0.15) is 5.65 Å². The third-order valence-corrected chi connectivity index (χ3v) is 2.10. The quantitative estimate of drug-likeness (QED) is 0.648. The zero-order chi connectivity index (χ0) is 13.7. The van der Waals surface area contributed by atoms with Crippen molar-refractivity contribution in [3.05, 3.63) is 38.7 Å². The average molecular weight is 251 g/mol. The smallest absolute Gasteiger partial charge is 0.332 e. The molecule has 0 saturated carbocycles. The number of nitrogens with one attached hydrogen (secondary N) is 1. The fourth-order valence-corrected chi connectivity index (χ4v) is 1.32. The molecule has 7 nitrogen and oxygen atoms in total. The molecule has 0 aliphatic heterocycles. The van der Waals surface area contributed by atoms with Crippen molar-refractivity contribution in [1.82, 2.24) is 9.97 Å². The lowest BCUT2D eigenvalue weighted by molar-refractivity contribution is -0.386. The molecule has 0 aliphatic carbocycles. The Kier molecular flexibility index (Phi) is 4.36. The highest BCUT2D eigenvalue weighted by atomic mass is 16.6. The van der Waals surface area contributed by atoms with Gasteiger partial charge in [0.2, 0.25) is 5.88 Å². The maximum atomic E-state index is 11.6. The molecule has 0 fully saturated rings. The van der Waals surface area contributed by atoms with Gasteiger partial charge in [0, 0.05) is 6.07 Å². The molecule has 2 aromatic rings. The van der Waals surface area contributed by atoms with E-state index in [-0.39, 0.29) is 11.0 Å². The first-order chi connectivity index (χ1) is 8.63. The Morgan fingerprint density at radius 1 is 1.39 bits per heavy atom. The van der Waals surface area contributed by atoms with Crippen LogP contribution < -0.4 is 10.2 Å². The maximum Gasteiger partial charge on any atom is 0.332 e. The van der Waals surface area contributed by atoms with Crippen LogP contribution in [-0.2, 0) is 0 Å². The van der Waals surface area contributed by atoms with Gasteiger partial charge in [-0.05, 0) is 6.07 Å². The summed E-state index contributed by atoms with van der Waals surface area (Å²) in [7, 11) is 1.44. The van der Waals surface area contributed by atoms with Gasteiger partial charge in [-0.1, -0.05) is 13.8 Å². The van der Waals surface area contributed by atoms with Crippen molar-refractivity contribution in [2.75, 3.05) is 7.11 Å². The van der Waals surface area contributed by atoms with Crippen molar-refractivity contribution in [3.8, 4) is 5.88 Å². The Morgan fingerprint density at radius 3 is 2.61 bits per heavy atom. The number of ether oxygens (including phenoxy) is 1. The SMILES string of the molecule is CC.COc1ccc2c(=O)c([N+](=O)[O-])c[nH]c2n1. The zero-order valence-corrected chi connectivity index (χ0v) is 10.3. The minimum Gasteiger partial charge on any atom is -0.481 e. The Balaban J connectivity index is 0.000000771. The molecule has 0 saturated heterocycles. The van der Waals surface area contributed by atoms with Gasteiger partial charge in [0.05, 0.1) is 23.6 Å². The summed E-state index contributed by atoms with van der Waals surface area (Å²) < 4.78 is 4.87. The van der Waals surface area contributed by atoms with Crippen LogP contribution in [-0.4, -0.2) is 22.0 Å². The topological polar surface area (TPSA) is 98.1 Å². The normalized spacial score (nSPS) is 9.50. The van der Waals surface area contributed by atoms with Crippen LogP contribution in [0.25, 0.3) is 11.0 Å². The molecule has 2 aromatic heterocycles. The molecule has 0 aliphatic rings. The summed E-state index contributed by atoms with van der Waals surface area (Å²) in [4.78, 5) is 28.0. The summed E-state index contributed by atoms with van der Waals surface area (Å²) in [6, 6.07) is 2.91. The van der Waals surface area contributed by atoms with Gasteiger partial charge in [-0.25, -0.2) is 0 Å². The van der Waals surface area contributed by atoms with E-state index in [1.807, 2.05) is 13.8 Å². The molecule has 7 heteroatoms. The molecule has 96 valence electrons. The van der Waals surface area contributed by atoms with Gasteiger partial charge < -0.3 is 9.72 Å². The predicted octanol–water partition coefficient (Wildman–Crippen LogP) is 1.87. The molecule has 0 bridgehead atoms. The summed E-state index contributed by atoms with van der Waals surface area (Å²) in [5, 5.41) is 10.7. The van der Waals surface area contributed by atoms with Crippen molar-refractivity contribution in [2.45, 2.75) is 13.8 Å². The molecule has 0 amide bonds. The Bertz CT molecular complexity index is 621. The van der Waals surface area contributed by atoms with E-state index in [0.717, 1.165) is 6.20 Å². The molecule has 0 atom stereocenters. The number of nitrogens with zero attached hydrogens (tertiary/aromatic N) is 2. The first kappa shape index (κ1) is 13.6. The van der Waals surface area contributed by atoms with E-state index in [0.29, 0.717) is 5.88 Å². The number of hydrogen-bond acceptors (Lipinski definition) is 5. The van der Waals surface area contributed by atoms with E-state index in [1.54, 1.807) is 0 Å². The third-order valence-electron chi connectivity index (χ3n) is 2.10. The molecule has 1 N–H and O–H groups in total. The third kappa shape index (κ3) is 2.45. The highest BCUT2D eigenvalue weighted by molar-refractivity contribution is 5.77. The van der Waals surface area contributed by atoms with Crippen LogP contribution >= 0.6 is 0 Å². The average Bonchev–Trinajstić information content (AvgIpc) is 2.40. The molecule has 0 radical (unpaired) electrons. The standard InChI is InChI=1S/C9H7N3O4.C2H6/c1-16-7-3-2-5-8(13)6(12(14)15)4-10-9(5)11-7;1-2/h2-4H,1H3,(H,10,11,13);1-2H3. The van der Waals surface area contributed by atoms with Crippen LogP contribution in [0.4, 0.5) is 5.69 Å². The summed E-state index contributed by atoms with van der Waals surface area (Å²) in [5.74, 6) is 0.331. The van der Waals surface area contributed by atoms with Gasteiger partial charge in [-0.3, -0.25) is 14.9 Å². The number of nitro groups is 1. The van der Waals surface area contributed by atoms with Gasteiger partial charge in [-0.2, -0.15) is 4.98 Å². The first-order valence-electron chi connectivity index (χ1n) is 5.34. The van der Waals surface area contributed by atoms with E-state index in [9.17, 15) is 14.9 Å². The largest absolute Gasteiger partial charge is 0.481 e. The van der Waals surface area contributed by atoms with Crippen molar-refractivity contribution in [2.24, 2.45) is 0 Å². The van der Waals surface area contributed by atoms with Gasteiger partial charge >= 0.3 is 5.69 Å². The lowest BCUT2D eigenvalue weighted by atomic mass is 10.2. The van der Waals surface area contributed by atoms with Crippen LogP contribution in [0.2, 0.25) is 0 Å². The minimum absolute atomic E-state index is 0.162. The lowest BCUT2D eigenvalue weighted by Gasteiger charge is -2.00. The van der Waals surface area contributed by atoms with Crippen LogP contribution in [0.3, 0.4) is 0 Å². The molecule has 2 heterocycles. The fourth-order valence-electron chi connectivity index (χ4n) is 1.32. The van der Waals surface area contributed by atoms with E-state index in [1.165, 1.54) is 19.2 Å².